The Bertz CT molecular complexity index is 1140. The Kier molecular flexibility index (Phi) is 4.67. The van der Waals surface area contributed by atoms with Crippen LogP contribution in [-0.4, -0.2) is 63.2 Å². The average molecular weight is 434 g/mol. The van der Waals surface area contributed by atoms with Crippen molar-refractivity contribution in [2.24, 2.45) is 0 Å². The van der Waals surface area contributed by atoms with Crippen LogP contribution in [0.15, 0.2) is 24.7 Å². The van der Waals surface area contributed by atoms with Crippen LogP contribution in [0.3, 0.4) is 0 Å². The van der Waals surface area contributed by atoms with E-state index in [9.17, 15) is 4.79 Å². The highest BCUT2D eigenvalue weighted by atomic mass is 16.2. The Balaban J connectivity index is 1.31. The molecule has 1 saturated heterocycles. The van der Waals surface area contributed by atoms with Crippen LogP contribution in [0.4, 0.5) is 17.5 Å². The van der Waals surface area contributed by atoms with E-state index in [2.05, 4.69) is 42.0 Å². The predicted molar refractivity (Wildman–Crippen MR) is 120 cm³/mol. The van der Waals surface area contributed by atoms with Crippen molar-refractivity contribution in [3.63, 3.8) is 0 Å². The van der Waals surface area contributed by atoms with E-state index in [1.165, 1.54) is 6.42 Å². The molecule has 1 aliphatic carbocycles. The van der Waals surface area contributed by atoms with Crippen LogP contribution >= 0.6 is 0 Å². The number of hydrogen-bond donors (Lipinski definition) is 3. The Labute approximate surface area is 185 Å². The van der Waals surface area contributed by atoms with E-state index < -0.39 is 0 Å². The predicted octanol–water partition coefficient (Wildman–Crippen LogP) is 1.62. The number of fused-ring (bicyclic) bond motifs is 4. The highest BCUT2D eigenvalue weighted by Gasteiger charge is 2.44. The molecule has 0 aromatic carbocycles. The summed E-state index contributed by atoms with van der Waals surface area (Å²) in [6, 6.07) is 4.02. The quantitative estimate of drug-likeness (QED) is 0.571. The van der Waals surface area contributed by atoms with Crippen molar-refractivity contribution in [1.29, 1.82) is 0 Å². The molecule has 10 heteroatoms. The second kappa shape index (κ2) is 7.70. The summed E-state index contributed by atoms with van der Waals surface area (Å²) < 4.78 is 1.64. The smallest absolute Gasteiger partial charge is 0.272 e. The first-order valence-electron chi connectivity index (χ1n) is 11.4. The molecule has 5 heterocycles. The van der Waals surface area contributed by atoms with Crippen LogP contribution < -0.4 is 20.9 Å². The number of nitrogens with one attached hydrogen (secondary N) is 3. The number of pyridine rings is 1. The molecule has 2 aliphatic heterocycles. The van der Waals surface area contributed by atoms with Crippen LogP contribution in [0.25, 0.3) is 5.65 Å². The lowest BCUT2D eigenvalue weighted by Gasteiger charge is -2.39. The van der Waals surface area contributed by atoms with Crippen LogP contribution in [0.2, 0.25) is 0 Å². The minimum Gasteiger partial charge on any atom is -0.368 e. The van der Waals surface area contributed by atoms with Crippen LogP contribution in [-0.2, 0) is 5.41 Å². The fourth-order valence-electron chi connectivity index (χ4n) is 5.32. The number of aromatic nitrogens is 5. The van der Waals surface area contributed by atoms with Crippen molar-refractivity contribution in [3.05, 3.63) is 35.9 Å². The molecule has 32 heavy (non-hydrogen) atoms. The summed E-state index contributed by atoms with van der Waals surface area (Å²) in [6.45, 7) is 4.60. The number of carbonyl (C=O) groups excluding carboxylic acids is 1. The number of amides is 1. The fraction of sp³-hybridized carbons (Fsp3) is 0.500. The maximum absolute atomic E-state index is 12.6. The van der Waals surface area contributed by atoms with Crippen molar-refractivity contribution < 1.29 is 4.79 Å². The largest absolute Gasteiger partial charge is 0.368 e. The zero-order valence-corrected chi connectivity index (χ0v) is 18.0. The summed E-state index contributed by atoms with van der Waals surface area (Å²) in [6.07, 6.45) is 9.16. The maximum Gasteiger partial charge on any atom is 0.272 e. The molecular weight excluding hydrogens is 406 g/mol. The fourth-order valence-corrected chi connectivity index (χ4v) is 5.32. The third kappa shape index (κ3) is 3.26. The van der Waals surface area contributed by atoms with Crippen molar-refractivity contribution in [3.8, 4) is 0 Å². The molecule has 0 unspecified atom stereocenters. The zero-order valence-electron chi connectivity index (χ0n) is 18.0. The van der Waals surface area contributed by atoms with Gasteiger partial charge in [0.05, 0.1) is 11.9 Å². The highest BCUT2D eigenvalue weighted by Crippen LogP contribution is 2.43. The molecule has 0 atom stereocenters. The first kappa shape index (κ1) is 19.4. The molecule has 2 fully saturated rings. The molecule has 10 nitrogen and oxygen atoms in total. The topological polar surface area (TPSA) is 112 Å². The highest BCUT2D eigenvalue weighted by molar-refractivity contribution is 5.97. The van der Waals surface area contributed by atoms with Crippen molar-refractivity contribution >= 4 is 29.0 Å². The Morgan fingerprint density at radius 1 is 1.06 bits per heavy atom. The number of nitrogens with zero attached hydrogens (tertiary/aromatic N) is 6. The Morgan fingerprint density at radius 3 is 2.69 bits per heavy atom. The number of hydrogen-bond acceptors (Lipinski definition) is 8. The molecule has 0 bridgehead atoms. The third-order valence-corrected chi connectivity index (χ3v) is 7.00. The molecule has 3 aromatic rings. The average Bonchev–Trinajstić information content (AvgIpc) is 3.24. The molecule has 6 rings (SSSR count). The molecule has 1 saturated carbocycles. The summed E-state index contributed by atoms with van der Waals surface area (Å²) >= 11 is 0. The van der Waals surface area contributed by atoms with E-state index in [4.69, 9.17) is 4.98 Å². The molecule has 3 N–H and O–H groups in total. The van der Waals surface area contributed by atoms with Crippen molar-refractivity contribution in [2.45, 2.75) is 37.5 Å². The Morgan fingerprint density at radius 2 is 1.91 bits per heavy atom. The van der Waals surface area contributed by atoms with Gasteiger partial charge in [-0.15, -0.1) is 0 Å². The summed E-state index contributed by atoms with van der Waals surface area (Å²) in [5, 5.41) is 14.2. The lowest BCUT2D eigenvalue weighted by atomic mass is 9.68. The van der Waals surface area contributed by atoms with Gasteiger partial charge in [0.2, 0.25) is 5.95 Å². The van der Waals surface area contributed by atoms with Gasteiger partial charge in [-0.25, -0.2) is 14.5 Å². The number of rotatable bonds is 3. The summed E-state index contributed by atoms with van der Waals surface area (Å²) in [7, 11) is 0. The van der Waals surface area contributed by atoms with E-state index in [0.717, 1.165) is 63.1 Å². The molecule has 1 spiro atoms. The summed E-state index contributed by atoms with van der Waals surface area (Å²) in [5.41, 5.74) is 3.21. The third-order valence-electron chi connectivity index (χ3n) is 7.00. The lowest BCUT2D eigenvalue weighted by Crippen LogP contribution is -2.47. The van der Waals surface area contributed by atoms with Gasteiger partial charge in [-0.05, 0) is 25.0 Å². The van der Waals surface area contributed by atoms with Gasteiger partial charge in [0.1, 0.15) is 12.1 Å². The molecule has 1 amide bonds. The standard InChI is InChI=1S/C22H27N9O/c32-20-18-17(22(13-25-20)6-2-1-3-7-22)19-28-21(26-14-31(19)29-18)27-16-5-4-15(12-24-16)30-10-8-23-9-11-30/h4-5,12,14,23H,1-3,6-11,13H2,(H,25,32)(H,24,27,28). The van der Waals surface area contributed by atoms with E-state index in [1.807, 2.05) is 12.3 Å². The van der Waals surface area contributed by atoms with E-state index in [-0.39, 0.29) is 11.3 Å². The van der Waals surface area contributed by atoms with Crippen molar-refractivity contribution in [1.82, 2.24) is 35.2 Å². The van der Waals surface area contributed by atoms with Gasteiger partial charge in [0.25, 0.3) is 5.91 Å². The normalized spacial score (nSPS) is 20.2. The van der Waals surface area contributed by atoms with Gasteiger partial charge in [0.15, 0.2) is 11.3 Å². The monoisotopic (exact) mass is 433 g/mol. The van der Waals surface area contributed by atoms with Gasteiger partial charge in [-0.2, -0.15) is 10.1 Å². The Hall–Kier alpha value is -3.27. The first-order chi connectivity index (χ1) is 15.7. The van der Waals surface area contributed by atoms with Crippen LogP contribution in [0, 0.1) is 0 Å². The number of anilines is 3. The van der Waals surface area contributed by atoms with Gasteiger partial charge in [0, 0.05) is 43.7 Å². The molecule has 166 valence electrons. The summed E-state index contributed by atoms with van der Waals surface area (Å²) in [4.78, 5) is 28.6. The van der Waals surface area contributed by atoms with Gasteiger partial charge >= 0.3 is 0 Å². The van der Waals surface area contributed by atoms with E-state index in [0.29, 0.717) is 29.7 Å². The second-order valence-electron chi connectivity index (χ2n) is 8.96. The molecule has 3 aliphatic rings. The van der Waals surface area contributed by atoms with E-state index >= 15 is 0 Å². The van der Waals surface area contributed by atoms with Crippen molar-refractivity contribution in [2.75, 3.05) is 42.9 Å². The second-order valence-corrected chi connectivity index (χ2v) is 8.96. The van der Waals surface area contributed by atoms with Crippen LogP contribution in [0.1, 0.15) is 48.2 Å². The minimum atomic E-state index is -0.124. The zero-order chi connectivity index (χ0) is 21.5. The molecular formula is C22H27N9O. The molecule has 0 radical (unpaired) electrons. The van der Waals surface area contributed by atoms with Gasteiger partial charge in [-0.3, -0.25) is 4.79 Å². The lowest BCUT2D eigenvalue weighted by molar-refractivity contribution is 0.0907. The van der Waals surface area contributed by atoms with Gasteiger partial charge < -0.3 is 20.9 Å². The number of piperazine rings is 1. The number of carbonyl (C=O) groups is 1. The maximum atomic E-state index is 12.6. The molecule has 3 aromatic heterocycles. The summed E-state index contributed by atoms with van der Waals surface area (Å²) in [5.74, 6) is 1.02. The van der Waals surface area contributed by atoms with E-state index in [1.54, 1.807) is 10.8 Å². The van der Waals surface area contributed by atoms with Crippen LogP contribution in [0.5, 0.6) is 0 Å². The SMILES string of the molecule is O=C1NCC2(CCCCC2)c2c1nn1cnc(Nc3ccc(N4CCNCC4)cn3)nc21. The minimum absolute atomic E-state index is 0.0853. The first-order valence-corrected chi connectivity index (χ1v) is 11.4. The van der Waals surface area contributed by atoms with Gasteiger partial charge in [-0.1, -0.05) is 19.3 Å².